The summed E-state index contributed by atoms with van der Waals surface area (Å²) in [5.74, 6) is -1.30. The second-order valence-electron chi connectivity index (χ2n) is 2.73. The van der Waals surface area contributed by atoms with Crippen molar-refractivity contribution in [3.05, 3.63) is 22.9 Å². The summed E-state index contributed by atoms with van der Waals surface area (Å²) in [7, 11) is 2.38. The van der Waals surface area contributed by atoms with Crippen LogP contribution in [0.2, 0.25) is 0 Å². The van der Waals surface area contributed by atoms with E-state index in [9.17, 15) is 19.3 Å². The first-order valence-electron chi connectivity index (χ1n) is 4.38. The number of aldehydes is 1. The fourth-order valence-electron chi connectivity index (χ4n) is 0.965. The molecule has 0 unspecified atom stereocenters. The molecule has 0 saturated carbocycles. The van der Waals surface area contributed by atoms with Crippen molar-refractivity contribution >= 4 is 48.1 Å². The summed E-state index contributed by atoms with van der Waals surface area (Å²) in [6, 6.07) is 0. The molecule has 1 aliphatic heterocycles. The first kappa shape index (κ1) is 14.8. The first-order chi connectivity index (χ1) is 8.58. The van der Waals surface area contributed by atoms with Gasteiger partial charge in [0.05, 0.1) is 0 Å². The molecule has 7 nitrogen and oxygen atoms in total. The molecule has 0 fully saturated rings. The van der Waals surface area contributed by atoms with Gasteiger partial charge in [0, 0.05) is 0 Å². The van der Waals surface area contributed by atoms with E-state index in [-0.39, 0.29) is 14.6 Å². The van der Waals surface area contributed by atoms with Gasteiger partial charge in [-0.2, -0.15) is 0 Å². The van der Waals surface area contributed by atoms with Crippen molar-refractivity contribution in [3.63, 3.8) is 0 Å². The molecule has 0 aromatic heterocycles. The number of ether oxygens (including phenoxy) is 2. The van der Waals surface area contributed by atoms with Crippen LogP contribution in [0.15, 0.2) is 23.2 Å². The van der Waals surface area contributed by atoms with Gasteiger partial charge >= 0.3 is 114 Å². The molecule has 0 spiro atoms. The predicted molar refractivity (Wildman–Crippen MR) is 61.5 cm³/mol. The Hall–Kier alpha value is -1.27. The molecule has 1 aliphatic rings. The molecule has 96 valence electrons. The predicted octanol–water partition coefficient (Wildman–Crippen LogP) is -0.900. The van der Waals surface area contributed by atoms with Crippen molar-refractivity contribution in [3.8, 4) is 0 Å². The van der Waals surface area contributed by atoms with Crippen molar-refractivity contribution in [2.24, 2.45) is 5.18 Å². The fourth-order valence-corrected chi connectivity index (χ4v) is 7.24. The average Bonchev–Trinajstić information content (AvgIpc) is 2.83. The molecule has 0 amide bonds. The molecule has 18 heavy (non-hydrogen) atoms. The van der Waals surface area contributed by atoms with Crippen LogP contribution in [0.5, 0.6) is 0 Å². The van der Waals surface area contributed by atoms with E-state index in [1.54, 1.807) is 0 Å². The normalized spacial score (nSPS) is 14.2. The number of carbonyl (C=O) groups is 3. The quantitative estimate of drug-likeness (QED) is 0.205. The summed E-state index contributed by atoms with van der Waals surface area (Å²) in [5, 5.41) is 2.59. The SMILES string of the molecule is COC(=O)C1=C(C(=O)OC)[Se]C(=C(C=O)N=O)[Se]1. The zero-order valence-electron chi connectivity index (χ0n) is 9.29. The Labute approximate surface area is 114 Å². The number of nitrogens with zero attached hydrogens (tertiary/aromatic N) is 1. The summed E-state index contributed by atoms with van der Waals surface area (Å²) < 4.78 is 9.89. The van der Waals surface area contributed by atoms with E-state index in [4.69, 9.17) is 0 Å². The molecule has 1 rings (SSSR count). The molecule has 0 aliphatic carbocycles. The van der Waals surface area contributed by atoms with Gasteiger partial charge in [0.1, 0.15) is 0 Å². The van der Waals surface area contributed by atoms with Crippen molar-refractivity contribution in [2.45, 2.75) is 0 Å². The third-order valence-corrected chi connectivity index (χ3v) is 8.30. The van der Waals surface area contributed by atoms with Crippen molar-refractivity contribution in [2.75, 3.05) is 14.2 Å². The Kier molecular flexibility index (Phi) is 5.43. The molecule has 1 heterocycles. The van der Waals surface area contributed by atoms with Crippen LogP contribution in [-0.4, -0.2) is 62.4 Å². The van der Waals surface area contributed by atoms with Gasteiger partial charge < -0.3 is 0 Å². The van der Waals surface area contributed by atoms with Gasteiger partial charge in [-0.15, -0.1) is 0 Å². The van der Waals surface area contributed by atoms with Crippen LogP contribution in [0.3, 0.4) is 0 Å². The number of methoxy groups -OCH3 is 2. The standard InChI is InChI=1S/C9H7NO6Se2/c1-15-7(12)5-6(8(13)16-2)18-9(17-5)4(3-11)10-14/h3H,1-2H3. The van der Waals surface area contributed by atoms with E-state index >= 15 is 0 Å². The Balaban J connectivity index is 3.19. The van der Waals surface area contributed by atoms with Crippen LogP contribution < -0.4 is 0 Å². The van der Waals surface area contributed by atoms with Gasteiger partial charge in [0.25, 0.3) is 0 Å². The van der Waals surface area contributed by atoms with Gasteiger partial charge in [0.15, 0.2) is 0 Å². The molecule has 0 radical (unpaired) electrons. The van der Waals surface area contributed by atoms with Crippen LogP contribution in [-0.2, 0) is 23.9 Å². The molecular formula is C9H7NO6Se2. The molecule has 0 N–H and O–H groups in total. The summed E-state index contributed by atoms with van der Waals surface area (Å²) in [6.45, 7) is 0. The van der Waals surface area contributed by atoms with E-state index in [1.807, 2.05) is 0 Å². The molecule has 0 atom stereocenters. The van der Waals surface area contributed by atoms with Gasteiger partial charge in [-0.3, -0.25) is 0 Å². The van der Waals surface area contributed by atoms with E-state index < -0.39 is 41.9 Å². The number of hydrogen-bond donors (Lipinski definition) is 0. The summed E-state index contributed by atoms with van der Waals surface area (Å²) in [5.41, 5.74) is -0.254. The summed E-state index contributed by atoms with van der Waals surface area (Å²) >= 11 is -1.22. The molecule has 0 aromatic carbocycles. The van der Waals surface area contributed by atoms with Gasteiger partial charge in [-0.1, -0.05) is 0 Å². The van der Waals surface area contributed by atoms with Crippen molar-refractivity contribution in [1.29, 1.82) is 0 Å². The van der Waals surface area contributed by atoms with E-state index in [1.165, 1.54) is 14.2 Å². The molecular weight excluding hydrogens is 376 g/mol. The topological polar surface area (TPSA) is 99.1 Å². The van der Waals surface area contributed by atoms with Crippen molar-refractivity contribution < 1.29 is 23.9 Å². The average molecular weight is 383 g/mol. The number of esters is 2. The Morgan fingerprint density at radius 2 is 1.56 bits per heavy atom. The van der Waals surface area contributed by atoms with Gasteiger partial charge in [0.2, 0.25) is 0 Å². The number of allylic oxidation sites excluding steroid dienone is 1. The summed E-state index contributed by atoms with van der Waals surface area (Å²) in [6.07, 6.45) is 0.320. The van der Waals surface area contributed by atoms with Crippen LogP contribution in [0.1, 0.15) is 0 Å². The first-order valence-corrected chi connectivity index (χ1v) is 7.81. The van der Waals surface area contributed by atoms with Gasteiger partial charge in [-0.05, 0) is 0 Å². The number of rotatable bonds is 4. The zero-order chi connectivity index (χ0) is 13.7. The van der Waals surface area contributed by atoms with E-state index in [0.717, 1.165) is 0 Å². The van der Waals surface area contributed by atoms with Crippen LogP contribution in [0.25, 0.3) is 0 Å². The monoisotopic (exact) mass is 385 g/mol. The van der Waals surface area contributed by atoms with E-state index in [0.29, 0.717) is 9.66 Å². The molecule has 0 saturated heterocycles. The van der Waals surface area contributed by atoms with Crippen LogP contribution in [0, 0.1) is 4.91 Å². The minimum atomic E-state index is -0.650. The zero-order valence-corrected chi connectivity index (χ0v) is 12.7. The second kappa shape index (κ2) is 6.61. The molecule has 0 bridgehead atoms. The van der Waals surface area contributed by atoms with Crippen molar-refractivity contribution in [1.82, 2.24) is 0 Å². The number of nitroso groups, excluding NO2 is 1. The third-order valence-electron chi connectivity index (χ3n) is 1.76. The third kappa shape index (κ3) is 2.94. The Bertz CT molecular complexity index is 441. The maximum absolute atomic E-state index is 11.5. The second-order valence-corrected chi connectivity index (χ2v) is 8.32. The van der Waals surface area contributed by atoms with Crippen LogP contribution in [0.4, 0.5) is 0 Å². The molecule has 9 heteroatoms. The van der Waals surface area contributed by atoms with Gasteiger partial charge in [-0.25, -0.2) is 0 Å². The Morgan fingerprint density at radius 1 is 1.11 bits per heavy atom. The Morgan fingerprint density at radius 3 is 1.83 bits per heavy atom. The maximum atomic E-state index is 11.5. The minimum absolute atomic E-state index is 0.176. The number of carbonyl (C=O) groups excluding carboxylic acids is 3. The summed E-state index contributed by atoms with van der Waals surface area (Å²) in [4.78, 5) is 44.1. The van der Waals surface area contributed by atoms with E-state index in [2.05, 4.69) is 14.7 Å². The molecule has 0 aromatic rings. The fraction of sp³-hybridized carbons (Fsp3) is 0.222. The van der Waals surface area contributed by atoms with Crippen LogP contribution >= 0.6 is 0 Å². The number of hydrogen-bond acceptors (Lipinski definition) is 7.